The number of aryl methyl sites for hydroxylation is 1. The summed E-state index contributed by atoms with van der Waals surface area (Å²) in [6, 6.07) is 0. The van der Waals surface area contributed by atoms with Crippen molar-refractivity contribution in [2.45, 2.75) is 58.4 Å². The van der Waals surface area contributed by atoms with E-state index in [1.54, 1.807) is 0 Å². The first-order chi connectivity index (χ1) is 7.00. The third kappa shape index (κ3) is 1.42. The zero-order valence-electron chi connectivity index (χ0n) is 10.0. The normalized spacial score (nSPS) is 22.9. The van der Waals surface area contributed by atoms with Crippen molar-refractivity contribution in [2.75, 3.05) is 0 Å². The van der Waals surface area contributed by atoms with Crippen molar-refractivity contribution < 1.29 is 0 Å². The highest BCUT2D eigenvalue weighted by Crippen LogP contribution is 2.54. The second kappa shape index (κ2) is 2.66. The van der Waals surface area contributed by atoms with E-state index < -0.39 is 0 Å². The smallest absolute Gasteiger partial charge is 0.0530 e. The summed E-state index contributed by atoms with van der Waals surface area (Å²) in [4.78, 5) is 0. The van der Waals surface area contributed by atoms with Gasteiger partial charge in [-0.3, -0.25) is 4.68 Å². The molecule has 2 heteroatoms. The highest BCUT2D eigenvalue weighted by Gasteiger charge is 2.46. The molecule has 2 heterocycles. The Morgan fingerprint density at radius 3 is 2.60 bits per heavy atom. The number of hydrogen-bond acceptors (Lipinski definition) is 1. The first-order valence-electron chi connectivity index (χ1n) is 6.05. The third-order valence-electron chi connectivity index (χ3n) is 4.11. The monoisotopic (exact) mass is 204 g/mol. The molecule has 0 bridgehead atoms. The number of nitrogens with zero attached hydrogens (tertiary/aromatic N) is 2. The van der Waals surface area contributed by atoms with E-state index in [2.05, 4.69) is 36.7 Å². The Bertz CT molecular complexity index is 391. The largest absolute Gasteiger partial charge is 0.269 e. The van der Waals surface area contributed by atoms with Crippen LogP contribution >= 0.6 is 0 Å². The zero-order chi connectivity index (χ0) is 10.7. The Morgan fingerprint density at radius 2 is 2.00 bits per heavy atom. The molecule has 0 amide bonds. The van der Waals surface area contributed by atoms with Gasteiger partial charge in [0.2, 0.25) is 0 Å². The minimum absolute atomic E-state index is 0.251. The standard InChI is InChI=1S/C13H20N2/c1-12(2,3)10-9-14-15-7-6-13(4-5-13)8-11(10)15/h9H,4-8H2,1-3H3. The van der Waals surface area contributed by atoms with Gasteiger partial charge in [-0.25, -0.2) is 0 Å². The van der Waals surface area contributed by atoms with Crippen LogP contribution in [0.4, 0.5) is 0 Å². The Morgan fingerprint density at radius 1 is 1.27 bits per heavy atom. The lowest BCUT2D eigenvalue weighted by Gasteiger charge is -2.27. The van der Waals surface area contributed by atoms with E-state index in [1.165, 1.54) is 36.9 Å². The number of fused-ring (bicyclic) bond motifs is 1. The first kappa shape index (κ1) is 9.44. The van der Waals surface area contributed by atoms with Gasteiger partial charge in [-0.2, -0.15) is 5.10 Å². The molecule has 0 atom stereocenters. The van der Waals surface area contributed by atoms with Crippen LogP contribution in [0.3, 0.4) is 0 Å². The van der Waals surface area contributed by atoms with Crippen LogP contribution in [0, 0.1) is 5.41 Å². The number of rotatable bonds is 0. The molecule has 2 aliphatic rings. The quantitative estimate of drug-likeness (QED) is 0.635. The molecule has 0 saturated heterocycles. The molecule has 1 spiro atoms. The predicted octanol–water partition coefficient (Wildman–Crippen LogP) is 2.91. The molecule has 1 aromatic rings. The summed E-state index contributed by atoms with van der Waals surface area (Å²) in [5, 5.41) is 4.53. The number of hydrogen-bond donors (Lipinski definition) is 0. The summed E-state index contributed by atoms with van der Waals surface area (Å²) < 4.78 is 2.24. The molecular weight excluding hydrogens is 184 g/mol. The van der Waals surface area contributed by atoms with Crippen molar-refractivity contribution in [1.29, 1.82) is 0 Å². The molecule has 0 N–H and O–H groups in total. The summed E-state index contributed by atoms with van der Waals surface area (Å²) in [5.74, 6) is 0. The summed E-state index contributed by atoms with van der Waals surface area (Å²) in [6.07, 6.45) is 7.62. The summed E-state index contributed by atoms with van der Waals surface area (Å²) >= 11 is 0. The van der Waals surface area contributed by atoms with Crippen LogP contribution < -0.4 is 0 Å². The van der Waals surface area contributed by atoms with E-state index in [-0.39, 0.29) is 5.41 Å². The highest BCUT2D eigenvalue weighted by atomic mass is 15.3. The van der Waals surface area contributed by atoms with Gasteiger partial charge in [0.1, 0.15) is 0 Å². The van der Waals surface area contributed by atoms with Crippen LogP contribution in [-0.4, -0.2) is 9.78 Å². The van der Waals surface area contributed by atoms with E-state index in [1.807, 2.05) is 0 Å². The molecule has 15 heavy (non-hydrogen) atoms. The van der Waals surface area contributed by atoms with Crippen molar-refractivity contribution in [3.05, 3.63) is 17.5 Å². The fourth-order valence-electron chi connectivity index (χ4n) is 2.81. The van der Waals surface area contributed by atoms with E-state index >= 15 is 0 Å². The molecule has 82 valence electrons. The minimum atomic E-state index is 0.251. The lowest BCUT2D eigenvalue weighted by molar-refractivity contribution is 0.344. The number of aromatic nitrogens is 2. The van der Waals surface area contributed by atoms with Crippen molar-refractivity contribution in [1.82, 2.24) is 9.78 Å². The molecule has 1 aliphatic heterocycles. The summed E-state index contributed by atoms with van der Waals surface area (Å²) in [6.45, 7) is 8.02. The first-order valence-corrected chi connectivity index (χ1v) is 6.05. The Labute approximate surface area is 91.7 Å². The van der Waals surface area contributed by atoms with Crippen molar-refractivity contribution in [3.8, 4) is 0 Å². The third-order valence-corrected chi connectivity index (χ3v) is 4.11. The van der Waals surface area contributed by atoms with E-state index in [0.717, 1.165) is 6.54 Å². The van der Waals surface area contributed by atoms with Crippen molar-refractivity contribution in [2.24, 2.45) is 5.41 Å². The Balaban J connectivity index is 2.02. The Kier molecular flexibility index (Phi) is 1.67. The molecule has 0 aromatic carbocycles. The summed E-state index contributed by atoms with van der Waals surface area (Å²) in [7, 11) is 0. The molecule has 1 aromatic heterocycles. The zero-order valence-corrected chi connectivity index (χ0v) is 10.0. The van der Waals surface area contributed by atoms with Crippen LogP contribution in [0.1, 0.15) is 51.3 Å². The van der Waals surface area contributed by atoms with Gasteiger partial charge < -0.3 is 0 Å². The highest BCUT2D eigenvalue weighted by molar-refractivity contribution is 5.29. The van der Waals surface area contributed by atoms with Crippen LogP contribution in [0.2, 0.25) is 0 Å². The van der Waals surface area contributed by atoms with Gasteiger partial charge in [0.05, 0.1) is 6.20 Å². The van der Waals surface area contributed by atoms with Crippen LogP contribution in [-0.2, 0) is 18.4 Å². The fraction of sp³-hybridized carbons (Fsp3) is 0.769. The maximum absolute atomic E-state index is 4.53. The van der Waals surface area contributed by atoms with Gasteiger partial charge in [-0.1, -0.05) is 20.8 Å². The fourth-order valence-corrected chi connectivity index (χ4v) is 2.81. The average molecular weight is 204 g/mol. The van der Waals surface area contributed by atoms with Crippen molar-refractivity contribution >= 4 is 0 Å². The van der Waals surface area contributed by atoms with E-state index in [4.69, 9.17) is 0 Å². The van der Waals surface area contributed by atoms with Crippen LogP contribution in [0.15, 0.2) is 6.20 Å². The molecule has 1 aliphatic carbocycles. The van der Waals surface area contributed by atoms with Gasteiger partial charge in [-0.15, -0.1) is 0 Å². The van der Waals surface area contributed by atoms with Crippen LogP contribution in [0.5, 0.6) is 0 Å². The minimum Gasteiger partial charge on any atom is -0.269 e. The maximum atomic E-state index is 4.53. The second-order valence-electron chi connectivity index (χ2n) is 6.40. The topological polar surface area (TPSA) is 17.8 Å². The molecule has 2 nitrogen and oxygen atoms in total. The Hall–Kier alpha value is -0.790. The molecule has 0 unspecified atom stereocenters. The molecule has 3 rings (SSSR count). The lowest BCUT2D eigenvalue weighted by Crippen LogP contribution is -2.24. The van der Waals surface area contributed by atoms with Gasteiger partial charge in [0.25, 0.3) is 0 Å². The molecular formula is C13H20N2. The average Bonchev–Trinajstić information content (AvgIpc) is 2.75. The lowest BCUT2D eigenvalue weighted by atomic mass is 9.82. The van der Waals surface area contributed by atoms with Crippen molar-refractivity contribution in [3.63, 3.8) is 0 Å². The van der Waals surface area contributed by atoms with Gasteiger partial charge in [0.15, 0.2) is 0 Å². The molecule has 1 saturated carbocycles. The van der Waals surface area contributed by atoms with Crippen LogP contribution in [0.25, 0.3) is 0 Å². The van der Waals surface area contributed by atoms with E-state index in [9.17, 15) is 0 Å². The second-order valence-corrected chi connectivity index (χ2v) is 6.40. The summed E-state index contributed by atoms with van der Waals surface area (Å²) in [5.41, 5.74) is 3.93. The van der Waals surface area contributed by atoms with Gasteiger partial charge in [-0.05, 0) is 42.1 Å². The molecule has 0 radical (unpaired) electrons. The van der Waals surface area contributed by atoms with E-state index in [0.29, 0.717) is 5.41 Å². The van der Waals surface area contributed by atoms with Gasteiger partial charge >= 0.3 is 0 Å². The predicted molar refractivity (Wildman–Crippen MR) is 60.9 cm³/mol. The van der Waals surface area contributed by atoms with Gasteiger partial charge in [0, 0.05) is 12.2 Å². The SMILES string of the molecule is CC(C)(C)c1cnn2c1CC1(CC2)CC1. The molecule has 1 fully saturated rings. The maximum Gasteiger partial charge on any atom is 0.0530 e.